The number of unbranched alkanes of at least 4 members (excludes halogenated alkanes) is 5. The molecule has 0 saturated carbocycles. The van der Waals surface area contributed by atoms with Crippen LogP contribution >= 0.6 is 0 Å². The van der Waals surface area contributed by atoms with Crippen LogP contribution in [0.3, 0.4) is 0 Å². The quantitative estimate of drug-likeness (QED) is 0.309. The van der Waals surface area contributed by atoms with Gasteiger partial charge in [0.05, 0.1) is 19.3 Å². The third-order valence-electron chi connectivity index (χ3n) is 5.58. The van der Waals surface area contributed by atoms with Crippen LogP contribution in [0.4, 0.5) is 0 Å². The van der Waals surface area contributed by atoms with Crippen molar-refractivity contribution in [2.24, 2.45) is 11.5 Å². The zero-order valence-corrected chi connectivity index (χ0v) is 18.0. The van der Waals surface area contributed by atoms with Crippen molar-refractivity contribution in [2.75, 3.05) is 13.2 Å². The molecular formula is C22H34N5O3+. The molecule has 2 heterocycles. The van der Waals surface area contributed by atoms with E-state index in [0.29, 0.717) is 24.7 Å². The summed E-state index contributed by atoms with van der Waals surface area (Å²) in [6.07, 6.45) is 7.33. The Morgan fingerprint density at radius 3 is 2.73 bits per heavy atom. The molecule has 0 amide bonds. The van der Waals surface area contributed by atoms with Crippen molar-refractivity contribution in [2.45, 2.75) is 70.9 Å². The second-order valence-electron chi connectivity index (χ2n) is 7.97. The Kier molecular flexibility index (Phi) is 7.68. The van der Waals surface area contributed by atoms with Crippen LogP contribution in [-0.4, -0.2) is 45.0 Å². The van der Waals surface area contributed by atoms with Crippen molar-refractivity contribution in [3.63, 3.8) is 0 Å². The van der Waals surface area contributed by atoms with Gasteiger partial charge in [-0.15, -0.1) is 0 Å². The number of aliphatic hydroxyl groups excluding tert-OH is 1. The van der Waals surface area contributed by atoms with E-state index in [2.05, 4.69) is 17.1 Å². The maximum Gasteiger partial charge on any atom is 0.341 e. The summed E-state index contributed by atoms with van der Waals surface area (Å²) in [5, 5.41) is 14.4. The van der Waals surface area contributed by atoms with E-state index in [1.54, 1.807) is 4.58 Å². The summed E-state index contributed by atoms with van der Waals surface area (Å²) >= 11 is 0. The Hall–Kier alpha value is -2.61. The fraction of sp³-hybridized carbons (Fsp3) is 0.591. The summed E-state index contributed by atoms with van der Waals surface area (Å²) in [5.41, 5.74) is 13.3. The topological polar surface area (TPSA) is 123 Å². The number of ether oxygens (including phenoxy) is 1. The van der Waals surface area contributed by atoms with Crippen molar-refractivity contribution < 1.29 is 18.9 Å². The number of nitrogens with zero attached hydrogens (tertiary/aromatic N) is 3. The van der Waals surface area contributed by atoms with Gasteiger partial charge in [-0.2, -0.15) is 4.98 Å². The van der Waals surface area contributed by atoms with Gasteiger partial charge in [0.25, 0.3) is 5.89 Å². The molecule has 0 spiro atoms. The first-order valence-electron chi connectivity index (χ1n) is 10.9. The first kappa shape index (κ1) is 22.1. The van der Waals surface area contributed by atoms with Crippen molar-refractivity contribution in [1.82, 2.24) is 10.1 Å². The number of aryl methyl sites for hydroxylation is 1. The lowest BCUT2D eigenvalue weighted by atomic mass is 10.1. The van der Waals surface area contributed by atoms with Crippen molar-refractivity contribution >= 4 is 5.96 Å². The first-order chi connectivity index (χ1) is 14.5. The molecule has 1 aromatic heterocycles. The lowest BCUT2D eigenvalue weighted by Gasteiger charge is -2.11. The maximum atomic E-state index is 10.3. The highest BCUT2D eigenvalue weighted by Crippen LogP contribution is 2.30. The van der Waals surface area contributed by atoms with Crippen LogP contribution in [0.25, 0.3) is 11.4 Å². The Balaban J connectivity index is 1.61. The van der Waals surface area contributed by atoms with Gasteiger partial charge in [-0.3, -0.25) is 16.0 Å². The van der Waals surface area contributed by atoms with Crippen LogP contribution in [0.15, 0.2) is 22.7 Å². The highest BCUT2D eigenvalue weighted by molar-refractivity contribution is 5.70. The molecule has 0 radical (unpaired) electrons. The third-order valence-corrected chi connectivity index (χ3v) is 5.58. The normalized spacial score (nSPS) is 18.7. The van der Waals surface area contributed by atoms with Gasteiger partial charge in [0.2, 0.25) is 5.82 Å². The van der Waals surface area contributed by atoms with Crippen LogP contribution in [0, 0.1) is 6.92 Å². The number of hydrogen-bond donors (Lipinski definition) is 3. The Morgan fingerprint density at radius 2 is 2.00 bits per heavy atom. The maximum absolute atomic E-state index is 10.3. The van der Waals surface area contributed by atoms with Gasteiger partial charge >= 0.3 is 5.96 Å². The van der Waals surface area contributed by atoms with Crippen LogP contribution in [0.2, 0.25) is 0 Å². The average Bonchev–Trinajstić information content (AvgIpc) is 3.35. The minimum absolute atomic E-state index is 0.138. The van der Waals surface area contributed by atoms with Gasteiger partial charge in [-0.05, 0) is 37.1 Å². The molecular weight excluding hydrogens is 382 g/mol. The summed E-state index contributed by atoms with van der Waals surface area (Å²) < 4.78 is 13.1. The minimum atomic E-state index is -0.653. The van der Waals surface area contributed by atoms with Crippen LogP contribution in [0.5, 0.6) is 5.75 Å². The molecule has 1 aliphatic rings. The number of nitrogens with two attached hydrogens (primary N) is 2. The highest BCUT2D eigenvalue weighted by atomic mass is 16.5. The van der Waals surface area contributed by atoms with Gasteiger partial charge in [0.1, 0.15) is 5.75 Å². The molecule has 1 fully saturated rings. The minimum Gasteiger partial charge on any atom is -0.493 e. The van der Waals surface area contributed by atoms with Crippen LogP contribution in [0.1, 0.15) is 69.4 Å². The molecule has 1 aromatic carbocycles. The summed E-state index contributed by atoms with van der Waals surface area (Å²) in [7, 11) is 0. The smallest absolute Gasteiger partial charge is 0.341 e. The van der Waals surface area contributed by atoms with Gasteiger partial charge in [-0.1, -0.05) is 44.2 Å². The number of aliphatic hydroxyl groups is 1. The van der Waals surface area contributed by atoms with Crippen molar-refractivity contribution in [1.29, 1.82) is 0 Å². The molecule has 3 rings (SSSR count). The zero-order valence-electron chi connectivity index (χ0n) is 18.0. The summed E-state index contributed by atoms with van der Waals surface area (Å²) in [6, 6.07) is 5.33. The molecule has 2 aromatic rings. The molecule has 5 N–H and O–H groups in total. The fourth-order valence-electron chi connectivity index (χ4n) is 3.85. The van der Waals surface area contributed by atoms with E-state index in [0.717, 1.165) is 29.9 Å². The molecule has 2 atom stereocenters. The van der Waals surface area contributed by atoms with E-state index >= 15 is 0 Å². The van der Waals surface area contributed by atoms with E-state index < -0.39 is 12.1 Å². The number of hydrogen-bond acceptors (Lipinski definition) is 5. The molecule has 0 aliphatic carbocycles. The zero-order chi connectivity index (χ0) is 21.5. The van der Waals surface area contributed by atoms with E-state index in [1.807, 2.05) is 25.1 Å². The Labute approximate surface area is 177 Å². The molecule has 1 aliphatic heterocycles. The first-order valence-corrected chi connectivity index (χ1v) is 10.9. The lowest BCUT2D eigenvalue weighted by molar-refractivity contribution is -0.560. The summed E-state index contributed by atoms with van der Waals surface area (Å²) in [4.78, 5) is 4.48. The number of rotatable bonds is 10. The average molecular weight is 417 g/mol. The highest BCUT2D eigenvalue weighted by Gasteiger charge is 2.39. The van der Waals surface area contributed by atoms with Gasteiger partial charge < -0.3 is 14.4 Å². The molecule has 8 heteroatoms. The van der Waals surface area contributed by atoms with Gasteiger partial charge in [0, 0.05) is 12.0 Å². The molecule has 164 valence electrons. The molecule has 1 saturated heterocycles. The van der Waals surface area contributed by atoms with Crippen LogP contribution in [-0.2, 0) is 0 Å². The van der Waals surface area contributed by atoms with Crippen molar-refractivity contribution in [3.8, 4) is 17.1 Å². The van der Waals surface area contributed by atoms with Gasteiger partial charge in [-0.25, -0.2) is 0 Å². The fourth-order valence-corrected chi connectivity index (χ4v) is 3.85. The lowest BCUT2D eigenvalue weighted by Crippen LogP contribution is -2.37. The largest absolute Gasteiger partial charge is 0.493 e. The molecule has 0 unspecified atom stereocenters. The van der Waals surface area contributed by atoms with E-state index in [-0.39, 0.29) is 5.96 Å². The van der Waals surface area contributed by atoms with Gasteiger partial charge in [0.15, 0.2) is 6.04 Å². The summed E-state index contributed by atoms with van der Waals surface area (Å²) in [6.45, 7) is 5.51. The van der Waals surface area contributed by atoms with E-state index in [9.17, 15) is 5.11 Å². The van der Waals surface area contributed by atoms with E-state index in [4.69, 9.17) is 20.7 Å². The van der Waals surface area contributed by atoms with Crippen molar-refractivity contribution in [3.05, 3.63) is 29.7 Å². The summed E-state index contributed by atoms with van der Waals surface area (Å²) in [5.74, 6) is 1.78. The second-order valence-corrected chi connectivity index (χ2v) is 7.97. The third kappa shape index (κ3) is 5.30. The van der Waals surface area contributed by atoms with E-state index in [1.165, 1.54) is 32.1 Å². The number of aromatic nitrogens is 2. The Morgan fingerprint density at radius 1 is 1.23 bits per heavy atom. The monoisotopic (exact) mass is 416 g/mol. The predicted molar refractivity (Wildman–Crippen MR) is 115 cm³/mol. The standard InChI is InChI=1S/C22H33N5O3/c1-3-4-5-6-7-8-13-29-18-10-9-16(14-15(18)2)20-25-21(30-26-20)19-17(28)11-12-27(19)22(23)24/h9-10,14,17,19,28H,3-8,11-13H2,1-2H3,(H3,23,24)/p+1/t17-,19-/m0/s1. The predicted octanol–water partition coefficient (Wildman–Crippen LogP) is 2.88. The number of benzene rings is 1. The number of guanidine groups is 1. The SMILES string of the molecule is CCCCCCCCOc1ccc(-c2noc([C@@H]3[C@@H](O)CC[N+]3=C(N)N)n2)cc1C. The molecule has 30 heavy (non-hydrogen) atoms. The second kappa shape index (κ2) is 10.4. The molecule has 0 bridgehead atoms. The molecule has 8 nitrogen and oxygen atoms in total. The van der Waals surface area contributed by atoms with Crippen LogP contribution < -0.4 is 16.2 Å². The Bertz CT molecular complexity index is 860.